The molecule has 2 heteroatoms. The van der Waals surface area contributed by atoms with E-state index in [0.29, 0.717) is 6.04 Å². The van der Waals surface area contributed by atoms with Gasteiger partial charge in [0.2, 0.25) is 0 Å². The zero-order valence-electron chi connectivity index (χ0n) is 12.3. The van der Waals surface area contributed by atoms with Crippen LogP contribution in [0.3, 0.4) is 0 Å². The Balaban J connectivity index is 0.000000771. The molecule has 1 aliphatic rings. The van der Waals surface area contributed by atoms with Gasteiger partial charge in [0.05, 0.1) is 7.11 Å². The van der Waals surface area contributed by atoms with Crippen LogP contribution in [0.2, 0.25) is 0 Å². The molecule has 0 spiro atoms. The summed E-state index contributed by atoms with van der Waals surface area (Å²) in [7, 11) is 1.76. The lowest BCUT2D eigenvalue weighted by molar-refractivity contribution is 0.397. The first-order valence-electron chi connectivity index (χ1n) is 7.23. The maximum absolute atomic E-state index is 5.41. The molecule has 1 N–H and O–H groups in total. The number of benzene rings is 1. The van der Waals surface area contributed by atoms with Gasteiger partial charge in [-0.25, -0.2) is 0 Å². The van der Waals surface area contributed by atoms with Gasteiger partial charge in [-0.05, 0) is 49.4 Å². The summed E-state index contributed by atoms with van der Waals surface area (Å²) >= 11 is 0. The number of methoxy groups -OCH3 is 1. The van der Waals surface area contributed by atoms with Crippen molar-refractivity contribution < 1.29 is 4.74 Å². The summed E-state index contributed by atoms with van der Waals surface area (Å²) in [6, 6.07) is 7.05. The third kappa shape index (κ3) is 3.74. The first-order valence-corrected chi connectivity index (χ1v) is 7.23. The van der Waals surface area contributed by atoms with Crippen molar-refractivity contribution in [3.05, 3.63) is 29.3 Å². The molecule has 0 fully saturated rings. The summed E-state index contributed by atoms with van der Waals surface area (Å²) in [4.78, 5) is 0. The van der Waals surface area contributed by atoms with Crippen LogP contribution in [0.1, 0.15) is 44.7 Å². The van der Waals surface area contributed by atoms with Crippen LogP contribution in [0.5, 0.6) is 5.75 Å². The van der Waals surface area contributed by atoms with Crippen LogP contribution >= 0.6 is 0 Å². The van der Waals surface area contributed by atoms with Gasteiger partial charge >= 0.3 is 0 Å². The number of hydrogen-bond acceptors (Lipinski definition) is 2. The first-order chi connectivity index (χ1) is 8.85. The fourth-order valence-corrected chi connectivity index (χ4v) is 2.49. The predicted molar refractivity (Wildman–Crippen MR) is 78.4 cm³/mol. The summed E-state index contributed by atoms with van der Waals surface area (Å²) in [5.41, 5.74) is 2.87. The van der Waals surface area contributed by atoms with Gasteiger partial charge in [-0.2, -0.15) is 0 Å². The van der Waals surface area contributed by atoms with Gasteiger partial charge in [0, 0.05) is 6.04 Å². The van der Waals surface area contributed by atoms with Crippen LogP contribution in [0.4, 0.5) is 0 Å². The van der Waals surface area contributed by atoms with E-state index in [1.807, 2.05) is 13.8 Å². The summed E-state index contributed by atoms with van der Waals surface area (Å²) in [6.45, 7) is 7.34. The van der Waals surface area contributed by atoms with E-state index in [4.69, 9.17) is 4.74 Å². The maximum atomic E-state index is 5.41. The number of fused-ring (bicyclic) bond motifs is 1. The van der Waals surface area contributed by atoms with E-state index in [0.717, 1.165) is 25.1 Å². The molecule has 1 atom stereocenters. The van der Waals surface area contributed by atoms with E-state index in [1.165, 1.54) is 24.0 Å². The smallest absolute Gasteiger partial charge is 0.122 e. The van der Waals surface area contributed by atoms with E-state index in [-0.39, 0.29) is 0 Å². The normalized spacial score (nSPS) is 17.4. The van der Waals surface area contributed by atoms with E-state index in [9.17, 15) is 0 Å². The number of ether oxygens (including phenoxy) is 1. The average Bonchev–Trinajstić information content (AvgIpc) is 2.46. The van der Waals surface area contributed by atoms with Gasteiger partial charge in [0.25, 0.3) is 0 Å². The standard InChI is InChI=1S/C14H21NO.C2H6/c1-3-9-15-12-7-8-13-11(10-12)5-4-6-14(13)16-2;1-2/h4-6,12,15H,3,7-10H2,1-2H3;1-2H3. The fraction of sp³-hybridized carbons (Fsp3) is 0.625. The molecule has 0 bridgehead atoms. The van der Waals surface area contributed by atoms with Crippen molar-refractivity contribution in [1.29, 1.82) is 0 Å². The van der Waals surface area contributed by atoms with Crippen molar-refractivity contribution in [2.24, 2.45) is 0 Å². The lowest BCUT2D eigenvalue weighted by atomic mass is 9.87. The molecule has 0 aromatic heterocycles. The second kappa shape index (κ2) is 8.15. The van der Waals surface area contributed by atoms with Gasteiger partial charge in [-0.15, -0.1) is 0 Å². The average molecular weight is 249 g/mol. The quantitative estimate of drug-likeness (QED) is 0.880. The van der Waals surface area contributed by atoms with Crippen LogP contribution in [0.25, 0.3) is 0 Å². The van der Waals surface area contributed by atoms with Gasteiger partial charge in [0.15, 0.2) is 0 Å². The van der Waals surface area contributed by atoms with Crippen molar-refractivity contribution in [2.75, 3.05) is 13.7 Å². The zero-order valence-corrected chi connectivity index (χ0v) is 12.3. The Kier molecular flexibility index (Phi) is 6.81. The minimum atomic E-state index is 0.652. The monoisotopic (exact) mass is 249 g/mol. The highest BCUT2D eigenvalue weighted by molar-refractivity contribution is 5.42. The molecule has 0 heterocycles. The summed E-state index contributed by atoms with van der Waals surface area (Å²) in [6.07, 6.45) is 4.72. The summed E-state index contributed by atoms with van der Waals surface area (Å²) in [5.74, 6) is 1.06. The van der Waals surface area contributed by atoms with Crippen molar-refractivity contribution in [3.63, 3.8) is 0 Å². The minimum Gasteiger partial charge on any atom is -0.496 e. The van der Waals surface area contributed by atoms with Crippen molar-refractivity contribution in [1.82, 2.24) is 5.32 Å². The SMILES string of the molecule is CC.CCCNC1CCc2c(cccc2OC)C1. The number of hydrogen-bond donors (Lipinski definition) is 1. The number of nitrogens with one attached hydrogen (secondary N) is 1. The lowest BCUT2D eigenvalue weighted by Gasteiger charge is -2.26. The van der Waals surface area contributed by atoms with Crippen molar-refractivity contribution in [3.8, 4) is 5.75 Å². The van der Waals surface area contributed by atoms with E-state index in [2.05, 4.69) is 30.4 Å². The van der Waals surface area contributed by atoms with Crippen LogP contribution in [0.15, 0.2) is 18.2 Å². The molecule has 1 aliphatic carbocycles. The van der Waals surface area contributed by atoms with Crippen LogP contribution in [-0.2, 0) is 12.8 Å². The van der Waals surface area contributed by atoms with E-state index in [1.54, 1.807) is 7.11 Å². The van der Waals surface area contributed by atoms with E-state index >= 15 is 0 Å². The third-order valence-corrected chi connectivity index (χ3v) is 3.34. The van der Waals surface area contributed by atoms with Gasteiger partial charge in [0.1, 0.15) is 5.75 Å². The molecule has 18 heavy (non-hydrogen) atoms. The zero-order chi connectivity index (χ0) is 13.4. The Morgan fingerprint density at radius 1 is 1.33 bits per heavy atom. The van der Waals surface area contributed by atoms with Crippen LogP contribution in [0, 0.1) is 0 Å². The van der Waals surface area contributed by atoms with Crippen LogP contribution < -0.4 is 10.1 Å². The Bertz CT molecular complexity index is 349. The Labute approximate surface area is 112 Å². The molecule has 0 aliphatic heterocycles. The highest BCUT2D eigenvalue weighted by atomic mass is 16.5. The topological polar surface area (TPSA) is 21.3 Å². The highest BCUT2D eigenvalue weighted by Gasteiger charge is 2.20. The first kappa shape index (κ1) is 15.0. The molecule has 1 aromatic carbocycles. The largest absolute Gasteiger partial charge is 0.496 e. The molecule has 102 valence electrons. The van der Waals surface area contributed by atoms with Crippen molar-refractivity contribution >= 4 is 0 Å². The molecule has 0 radical (unpaired) electrons. The molecular weight excluding hydrogens is 222 g/mol. The van der Waals surface area contributed by atoms with Gasteiger partial charge in [-0.3, -0.25) is 0 Å². The molecular formula is C16H27NO. The minimum absolute atomic E-state index is 0.652. The summed E-state index contributed by atoms with van der Waals surface area (Å²) in [5, 5.41) is 3.61. The maximum Gasteiger partial charge on any atom is 0.122 e. The Hall–Kier alpha value is -1.02. The van der Waals surface area contributed by atoms with Gasteiger partial charge in [-0.1, -0.05) is 32.9 Å². The molecule has 1 unspecified atom stereocenters. The molecule has 2 rings (SSSR count). The molecule has 2 nitrogen and oxygen atoms in total. The number of rotatable bonds is 4. The molecule has 0 amide bonds. The third-order valence-electron chi connectivity index (χ3n) is 3.34. The molecule has 0 saturated heterocycles. The van der Waals surface area contributed by atoms with Crippen molar-refractivity contribution in [2.45, 2.75) is 52.5 Å². The van der Waals surface area contributed by atoms with Crippen LogP contribution in [-0.4, -0.2) is 19.7 Å². The second-order valence-electron chi connectivity index (χ2n) is 4.49. The predicted octanol–water partition coefficient (Wildman–Crippen LogP) is 3.58. The Morgan fingerprint density at radius 2 is 2.11 bits per heavy atom. The molecule has 0 saturated carbocycles. The van der Waals surface area contributed by atoms with Gasteiger partial charge < -0.3 is 10.1 Å². The van der Waals surface area contributed by atoms with E-state index < -0.39 is 0 Å². The molecule has 1 aromatic rings. The highest BCUT2D eigenvalue weighted by Crippen LogP contribution is 2.29. The fourth-order valence-electron chi connectivity index (χ4n) is 2.49. The summed E-state index contributed by atoms with van der Waals surface area (Å²) < 4.78 is 5.41. The Morgan fingerprint density at radius 3 is 2.78 bits per heavy atom. The second-order valence-corrected chi connectivity index (χ2v) is 4.49. The lowest BCUT2D eigenvalue weighted by Crippen LogP contribution is -2.35.